The molecule has 0 saturated carbocycles. The van der Waals surface area contributed by atoms with Crippen molar-refractivity contribution < 1.29 is 4.74 Å². The third-order valence-electron chi connectivity index (χ3n) is 3.55. The van der Waals surface area contributed by atoms with Gasteiger partial charge in [0, 0.05) is 16.6 Å². The minimum absolute atomic E-state index is 0.293. The Bertz CT molecular complexity index is 403. The maximum absolute atomic E-state index is 6.13. The van der Waals surface area contributed by atoms with Gasteiger partial charge in [-0.05, 0) is 51.7 Å². The fourth-order valence-corrected chi connectivity index (χ4v) is 2.95. The molecule has 1 N–H and O–H groups in total. The van der Waals surface area contributed by atoms with E-state index in [4.69, 9.17) is 16.3 Å². The Balaban J connectivity index is 2.37. The van der Waals surface area contributed by atoms with E-state index in [-0.39, 0.29) is 0 Å². The lowest BCUT2D eigenvalue weighted by molar-refractivity contribution is 0.237. The Labute approximate surface area is 114 Å². The first-order valence-corrected chi connectivity index (χ1v) is 6.74. The van der Waals surface area contributed by atoms with Crippen molar-refractivity contribution in [2.75, 3.05) is 27.7 Å². The van der Waals surface area contributed by atoms with Crippen molar-refractivity contribution >= 4 is 11.6 Å². The quantitative estimate of drug-likeness (QED) is 0.909. The molecule has 4 heteroatoms. The van der Waals surface area contributed by atoms with Gasteiger partial charge >= 0.3 is 0 Å². The molecule has 0 spiro atoms. The molecule has 0 bridgehead atoms. The number of nitrogens with one attached hydrogen (secondary N) is 1. The largest absolute Gasteiger partial charge is 0.496 e. The molecule has 1 heterocycles. The van der Waals surface area contributed by atoms with E-state index in [1.807, 2.05) is 18.2 Å². The predicted molar refractivity (Wildman–Crippen MR) is 75.5 cm³/mol. The van der Waals surface area contributed by atoms with Gasteiger partial charge in [0.25, 0.3) is 0 Å². The van der Waals surface area contributed by atoms with Crippen molar-refractivity contribution in [1.29, 1.82) is 0 Å². The Morgan fingerprint density at radius 1 is 1.44 bits per heavy atom. The van der Waals surface area contributed by atoms with Crippen molar-refractivity contribution in [3.05, 3.63) is 28.8 Å². The Hall–Kier alpha value is -0.770. The van der Waals surface area contributed by atoms with Crippen molar-refractivity contribution in [3.63, 3.8) is 0 Å². The minimum atomic E-state index is 0.293. The molecular formula is C14H21ClN2O. The molecule has 1 fully saturated rings. The molecule has 100 valence electrons. The van der Waals surface area contributed by atoms with Gasteiger partial charge in [0.1, 0.15) is 5.75 Å². The molecule has 1 aliphatic heterocycles. The molecule has 1 saturated heterocycles. The lowest BCUT2D eigenvalue weighted by atomic mass is 9.96. The standard InChI is InChI=1S/C14H21ClN2O/c1-17(2)14(12-5-4-8-16-12)11-9-10(15)6-7-13(11)18-3/h6-7,9,12,14,16H,4-5,8H2,1-3H3. The molecule has 3 nitrogen and oxygen atoms in total. The summed E-state index contributed by atoms with van der Waals surface area (Å²) >= 11 is 6.13. The van der Waals surface area contributed by atoms with E-state index < -0.39 is 0 Å². The van der Waals surface area contributed by atoms with Crippen molar-refractivity contribution in [2.45, 2.75) is 24.9 Å². The number of likely N-dealkylation sites (N-methyl/N-ethyl adjacent to an activating group) is 1. The van der Waals surface area contributed by atoms with E-state index in [1.54, 1.807) is 7.11 Å². The van der Waals surface area contributed by atoms with E-state index in [2.05, 4.69) is 24.3 Å². The SMILES string of the molecule is COc1ccc(Cl)cc1C(C1CCCN1)N(C)C. The lowest BCUT2D eigenvalue weighted by Gasteiger charge is -2.31. The highest BCUT2D eigenvalue weighted by atomic mass is 35.5. The van der Waals surface area contributed by atoms with Gasteiger partial charge in [0.05, 0.1) is 13.2 Å². The van der Waals surface area contributed by atoms with Crippen LogP contribution in [0.4, 0.5) is 0 Å². The van der Waals surface area contributed by atoms with Gasteiger partial charge in [0.2, 0.25) is 0 Å². The van der Waals surface area contributed by atoms with Gasteiger partial charge in [-0.15, -0.1) is 0 Å². The second kappa shape index (κ2) is 5.91. The predicted octanol–water partition coefficient (Wildman–Crippen LogP) is 2.70. The van der Waals surface area contributed by atoms with Gasteiger partial charge in [-0.25, -0.2) is 0 Å². The number of benzene rings is 1. The number of ether oxygens (including phenoxy) is 1. The first-order valence-electron chi connectivity index (χ1n) is 6.36. The van der Waals surface area contributed by atoms with E-state index >= 15 is 0 Å². The summed E-state index contributed by atoms with van der Waals surface area (Å²) in [7, 11) is 5.91. The van der Waals surface area contributed by atoms with Crippen LogP contribution in [0.15, 0.2) is 18.2 Å². The molecule has 1 aliphatic rings. The van der Waals surface area contributed by atoms with E-state index in [0.717, 1.165) is 22.9 Å². The molecule has 1 aromatic rings. The molecular weight excluding hydrogens is 248 g/mol. The number of rotatable bonds is 4. The van der Waals surface area contributed by atoms with Gasteiger partial charge in [-0.3, -0.25) is 0 Å². The summed E-state index contributed by atoms with van der Waals surface area (Å²) in [4.78, 5) is 2.23. The highest BCUT2D eigenvalue weighted by molar-refractivity contribution is 6.30. The van der Waals surface area contributed by atoms with Crippen molar-refractivity contribution in [2.24, 2.45) is 0 Å². The second-order valence-electron chi connectivity index (χ2n) is 5.00. The number of hydrogen-bond acceptors (Lipinski definition) is 3. The lowest BCUT2D eigenvalue weighted by Crippen LogP contribution is -2.37. The van der Waals surface area contributed by atoms with Gasteiger partial charge < -0.3 is 15.0 Å². The third-order valence-corrected chi connectivity index (χ3v) is 3.78. The molecule has 0 aromatic heterocycles. The van der Waals surface area contributed by atoms with Crippen LogP contribution in [0, 0.1) is 0 Å². The van der Waals surface area contributed by atoms with Crippen LogP contribution in [-0.2, 0) is 0 Å². The Morgan fingerprint density at radius 2 is 2.22 bits per heavy atom. The number of methoxy groups -OCH3 is 1. The molecule has 2 rings (SSSR count). The summed E-state index contributed by atoms with van der Waals surface area (Å²) in [6.45, 7) is 1.10. The summed E-state index contributed by atoms with van der Waals surface area (Å²) in [5.41, 5.74) is 1.16. The average molecular weight is 269 g/mol. The number of hydrogen-bond donors (Lipinski definition) is 1. The van der Waals surface area contributed by atoms with Crippen LogP contribution in [0.2, 0.25) is 5.02 Å². The van der Waals surface area contributed by atoms with Gasteiger partial charge in [-0.1, -0.05) is 11.6 Å². The molecule has 1 aromatic carbocycles. The highest BCUT2D eigenvalue weighted by Gasteiger charge is 2.29. The average Bonchev–Trinajstić information content (AvgIpc) is 2.83. The normalized spacial score (nSPS) is 21.3. The highest BCUT2D eigenvalue weighted by Crippen LogP contribution is 2.35. The van der Waals surface area contributed by atoms with Crippen LogP contribution >= 0.6 is 11.6 Å². The first-order chi connectivity index (χ1) is 8.63. The van der Waals surface area contributed by atoms with Gasteiger partial charge in [-0.2, -0.15) is 0 Å². The molecule has 0 amide bonds. The van der Waals surface area contributed by atoms with Crippen molar-refractivity contribution in [1.82, 2.24) is 10.2 Å². The van der Waals surface area contributed by atoms with E-state index in [9.17, 15) is 0 Å². The molecule has 0 aliphatic carbocycles. The fourth-order valence-electron chi connectivity index (χ4n) is 2.77. The summed E-state index contributed by atoms with van der Waals surface area (Å²) in [5.74, 6) is 0.909. The summed E-state index contributed by atoms with van der Waals surface area (Å²) in [6, 6.07) is 6.60. The van der Waals surface area contributed by atoms with Crippen LogP contribution < -0.4 is 10.1 Å². The molecule has 0 radical (unpaired) electrons. The smallest absolute Gasteiger partial charge is 0.123 e. The first kappa shape index (κ1) is 13.7. The summed E-state index contributed by atoms with van der Waals surface area (Å²) in [5, 5.41) is 4.33. The molecule has 2 atom stereocenters. The third kappa shape index (κ3) is 2.79. The fraction of sp³-hybridized carbons (Fsp3) is 0.571. The van der Waals surface area contributed by atoms with E-state index in [1.165, 1.54) is 12.8 Å². The minimum Gasteiger partial charge on any atom is -0.496 e. The number of nitrogens with zero attached hydrogens (tertiary/aromatic N) is 1. The van der Waals surface area contributed by atoms with Crippen LogP contribution in [0.25, 0.3) is 0 Å². The maximum atomic E-state index is 6.13. The molecule has 18 heavy (non-hydrogen) atoms. The number of halogens is 1. The van der Waals surface area contributed by atoms with Crippen LogP contribution in [-0.4, -0.2) is 38.7 Å². The Kier molecular flexibility index (Phi) is 4.49. The zero-order chi connectivity index (χ0) is 13.1. The van der Waals surface area contributed by atoms with E-state index in [0.29, 0.717) is 12.1 Å². The van der Waals surface area contributed by atoms with Gasteiger partial charge in [0.15, 0.2) is 0 Å². The van der Waals surface area contributed by atoms with Crippen molar-refractivity contribution in [3.8, 4) is 5.75 Å². The monoisotopic (exact) mass is 268 g/mol. The van der Waals surface area contributed by atoms with Crippen LogP contribution in [0.5, 0.6) is 5.75 Å². The summed E-state index contributed by atoms with van der Waals surface area (Å²) in [6.07, 6.45) is 2.43. The zero-order valence-corrected chi connectivity index (χ0v) is 12.0. The maximum Gasteiger partial charge on any atom is 0.123 e. The topological polar surface area (TPSA) is 24.5 Å². The Morgan fingerprint density at radius 3 is 2.78 bits per heavy atom. The molecule has 2 unspecified atom stereocenters. The zero-order valence-electron chi connectivity index (χ0n) is 11.2. The van der Waals surface area contributed by atoms with Crippen LogP contribution in [0.3, 0.4) is 0 Å². The second-order valence-corrected chi connectivity index (χ2v) is 5.43. The van der Waals surface area contributed by atoms with Crippen LogP contribution in [0.1, 0.15) is 24.4 Å². The summed E-state index contributed by atoms with van der Waals surface area (Å²) < 4.78 is 5.48.